The van der Waals surface area contributed by atoms with E-state index in [0.717, 1.165) is 5.56 Å². The van der Waals surface area contributed by atoms with Crippen molar-refractivity contribution in [3.63, 3.8) is 0 Å². The van der Waals surface area contributed by atoms with Gasteiger partial charge in [0.05, 0.1) is 6.61 Å². The van der Waals surface area contributed by atoms with Gasteiger partial charge in [-0.3, -0.25) is 0 Å². The van der Waals surface area contributed by atoms with Crippen molar-refractivity contribution in [3.05, 3.63) is 48.0 Å². The van der Waals surface area contributed by atoms with Gasteiger partial charge in [0.15, 0.2) is 0 Å². The number of aromatic amines is 1. The van der Waals surface area contributed by atoms with E-state index in [1.165, 1.54) is 12.3 Å². The molecule has 1 aromatic carbocycles. The monoisotopic (exact) mass is 376 g/mol. The van der Waals surface area contributed by atoms with Gasteiger partial charge in [0.1, 0.15) is 16.3 Å². The Morgan fingerprint density at radius 3 is 2.77 bits per heavy atom. The van der Waals surface area contributed by atoms with E-state index < -0.39 is 10.0 Å². The number of hydrogen-bond donors (Lipinski definition) is 2. The van der Waals surface area contributed by atoms with E-state index in [0.29, 0.717) is 30.4 Å². The van der Waals surface area contributed by atoms with Crippen LogP contribution in [0.1, 0.15) is 25.3 Å². The van der Waals surface area contributed by atoms with Gasteiger partial charge in [-0.25, -0.2) is 13.1 Å². The van der Waals surface area contributed by atoms with Gasteiger partial charge < -0.3 is 14.1 Å². The summed E-state index contributed by atoms with van der Waals surface area (Å²) in [6.45, 7) is 4.41. The molecule has 0 aliphatic heterocycles. The van der Waals surface area contributed by atoms with Crippen LogP contribution in [0, 0.1) is 0 Å². The van der Waals surface area contributed by atoms with E-state index in [1.807, 2.05) is 38.1 Å². The van der Waals surface area contributed by atoms with E-state index in [2.05, 4.69) is 19.9 Å². The van der Waals surface area contributed by atoms with Crippen molar-refractivity contribution in [2.75, 3.05) is 6.61 Å². The third-order valence-electron chi connectivity index (χ3n) is 3.69. The van der Waals surface area contributed by atoms with E-state index in [4.69, 9.17) is 9.15 Å². The molecule has 3 aromatic rings. The van der Waals surface area contributed by atoms with E-state index in [-0.39, 0.29) is 17.3 Å². The van der Waals surface area contributed by atoms with Crippen LogP contribution in [0.4, 0.5) is 0 Å². The highest BCUT2D eigenvalue weighted by atomic mass is 32.2. The quantitative estimate of drug-likeness (QED) is 0.625. The van der Waals surface area contributed by atoms with Crippen LogP contribution in [0.3, 0.4) is 0 Å². The second-order valence-electron chi connectivity index (χ2n) is 5.47. The Bertz CT molecular complexity index is 978. The molecule has 0 fully saturated rings. The SMILES string of the molecule is CCOc1ccccc1CNS(=O)(=O)c1c[nH]c(-c2nnc(CC)o2)c1. The highest BCUT2D eigenvalue weighted by Crippen LogP contribution is 2.22. The number of aryl methyl sites for hydroxylation is 1. The predicted molar refractivity (Wildman–Crippen MR) is 95.1 cm³/mol. The molecule has 2 heterocycles. The van der Waals surface area contributed by atoms with Crippen molar-refractivity contribution in [3.8, 4) is 17.3 Å². The van der Waals surface area contributed by atoms with Crippen LogP contribution in [0.15, 0.2) is 45.8 Å². The molecular formula is C17H20N4O4S. The molecule has 0 radical (unpaired) electrons. The molecule has 2 aromatic heterocycles. The highest BCUT2D eigenvalue weighted by molar-refractivity contribution is 7.89. The molecule has 0 atom stereocenters. The van der Waals surface area contributed by atoms with Gasteiger partial charge >= 0.3 is 0 Å². The molecule has 0 amide bonds. The summed E-state index contributed by atoms with van der Waals surface area (Å²) in [6.07, 6.45) is 2.00. The van der Waals surface area contributed by atoms with Crippen LogP contribution in [0.2, 0.25) is 0 Å². The maximum absolute atomic E-state index is 12.5. The molecule has 0 spiro atoms. The molecular weight excluding hydrogens is 356 g/mol. The van der Waals surface area contributed by atoms with Gasteiger partial charge in [-0.15, -0.1) is 10.2 Å². The topological polar surface area (TPSA) is 110 Å². The third-order valence-corrected chi connectivity index (χ3v) is 5.07. The first kappa shape index (κ1) is 18.2. The average molecular weight is 376 g/mol. The Morgan fingerprint density at radius 1 is 1.23 bits per heavy atom. The molecule has 0 aliphatic rings. The third kappa shape index (κ3) is 3.94. The fourth-order valence-corrected chi connectivity index (χ4v) is 3.36. The number of ether oxygens (including phenoxy) is 1. The number of H-pyrrole nitrogens is 1. The summed E-state index contributed by atoms with van der Waals surface area (Å²) in [5.41, 5.74) is 1.21. The van der Waals surface area contributed by atoms with Gasteiger partial charge in [0.25, 0.3) is 5.89 Å². The lowest BCUT2D eigenvalue weighted by Gasteiger charge is -2.10. The number of hydrogen-bond acceptors (Lipinski definition) is 6. The van der Waals surface area contributed by atoms with Crippen molar-refractivity contribution < 1.29 is 17.6 Å². The summed E-state index contributed by atoms with van der Waals surface area (Å²) in [5, 5.41) is 7.77. The molecule has 138 valence electrons. The van der Waals surface area contributed by atoms with Crippen molar-refractivity contribution in [2.45, 2.75) is 31.7 Å². The van der Waals surface area contributed by atoms with Crippen LogP contribution >= 0.6 is 0 Å². The van der Waals surface area contributed by atoms with E-state index in [1.54, 1.807) is 0 Å². The summed E-state index contributed by atoms with van der Waals surface area (Å²) in [7, 11) is -3.70. The molecule has 0 unspecified atom stereocenters. The maximum Gasteiger partial charge on any atom is 0.264 e. The van der Waals surface area contributed by atoms with Crippen molar-refractivity contribution in [1.29, 1.82) is 0 Å². The fraction of sp³-hybridized carbons (Fsp3) is 0.294. The Morgan fingerprint density at radius 2 is 2.04 bits per heavy atom. The molecule has 26 heavy (non-hydrogen) atoms. The molecule has 0 bridgehead atoms. The molecule has 2 N–H and O–H groups in total. The van der Waals surface area contributed by atoms with Gasteiger partial charge in [-0.2, -0.15) is 0 Å². The highest BCUT2D eigenvalue weighted by Gasteiger charge is 2.19. The van der Waals surface area contributed by atoms with Crippen molar-refractivity contribution in [1.82, 2.24) is 19.9 Å². The normalized spacial score (nSPS) is 11.6. The number of aromatic nitrogens is 3. The first-order valence-corrected chi connectivity index (χ1v) is 9.73. The summed E-state index contributed by atoms with van der Waals surface area (Å²) in [6, 6.07) is 8.77. The smallest absolute Gasteiger partial charge is 0.264 e. The molecule has 3 rings (SSSR count). The summed E-state index contributed by atoms with van der Waals surface area (Å²) < 4.78 is 38.6. The van der Waals surface area contributed by atoms with Crippen LogP contribution in [-0.2, 0) is 23.0 Å². The lowest BCUT2D eigenvalue weighted by molar-refractivity contribution is 0.336. The van der Waals surface area contributed by atoms with Gasteiger partial charge in [0, 0.05) is 24.7 Å². The number of nitrogens with one attached hydrogen (secondary N) is 2. The van der Waals surface area contributed by atoms with Gasteiger partial charge in [-0.1, -0.05) is 25.1 Å². The number of para-hydroxylation sites is 1. The second kappa shape index (κ2) is 7.71. The van der Waals surface area contributed by atoms with Crippen LogP contribution in [-0.4, -0.2) is 30.2 Å². The second-order valence-corrected chi connectivity index (χ2v) is 7.24. The Kier molecular flexibility index (Phi) is 5.38. The van der Waals surface area contributed by atoms with E-state index in [9.17, 15) is 8.42 Å². The minimum Gasteiger partial charge on any atom is -0.494 e. The molecule has 0 aliphatic carbocycles. The van der Waals surface area contributed by atoms with Gasteiger partial charge in [-0.05, 0) is 19.1 Å². The Balaban J connectivity index is 1.75. The number of sulfonamides is 1. The standard InChI is InChI=1S/C17H20N4O4S/c1-3-16-20-21-17(25-16)14-9-13(11-18-14)26(22,23)19-10-12-7-5-6-8-15(12)24-4-2/h5-9,11,18-19H,3-4,10H2,1-2H3. The lowest BCUT2D eigenvalue weighted by atomic mass is 10.2. The predicted octanol–water partition coefficient (Wildman–Crippen LogP) is 2.50. The molecule has 0 saturated carbocycles. The zero-order chi connectivity index (χ0) is 18.6. The maximum atomic E-state index is 12.5. The number of benzene rings is 1. The average Bonchev–Trinajstić information content (AvgIpc) is 3.30. The largest absolute Gasteiger partial charge is 0.494 e. The summed E-state index contributed by atoms with van der Waals surface area (Å²) >= 11 is 0. The Hall–Kier alpha value is -2.65. The first-order chi connectivity index (χ1) is 12.5. The lowest BCUT2D eigenvalue weighted by Crippen LogP contribution is -2.23. The number of nitrogens with zero attached hydrogens (tertiary/aromatic N) is 2. The molecule has 0 saturated heterocycles. The van der Waals surface area contributed by atoms with Crippen molar-refractivity contribution >= 4 is 10.0 Å². The van der Waals surface area contributed by atoms with Crippen molar-refractivity contribution in [2.24, 2.45) is 0 Å². The first-order valence-electron chi connectivity index (χ1n) is 8.25. The molecule has 8 nitrogen and oxygen atoms in total. The minimum atomic E-state index is -3.70. The zero-order valence-electron chi connectivity index (χ0n) is 14.5. The van der Waals surface area contributed by atoms with Crippen LogP contribution in [0.5, 0.6) is 5.75 Å². The Labute approximate surface area is 151 Å². The summed E-state index contributed by atoms with van der Waals surface area (Å²) in [5.74, 6) is 1.40. The molecule has 9 heteroatoms. The van der Waals surface area contributed by atoms with Gasteiger partial charge in [0.2, 0.25) is 15.9 Å². The zero-order valence-corrected chi connectivity index (χ0v) is 15.3. The summed E-state index contributed by atoms with van der Waals surface area (Å²) in [4.78, 5) is 2.95. The van der Waals surface area contributed by atoms with Crippen LogP contribution in [0.25, 0.3) is 11.6 Å². The van der Waals surface area contributed by atoms with Crippen LogP contribution < -0.4 is 9.46 Å². The fourth-order valence-electron chi connectivity index (χ4n) is 2.36. The number of rotatable bonds is 8. The minimum absolute atomic E-state index is 0.0950. The van der Waals surface area contributed by atoms with E-state index >= 15 is 0 Å².